The van der Waals surface area contributed by atoms with Crippen molar-refractivity contribution in [3.05, 3.63) is 65.8 Å². The minimum Gasteiger partial charge on any atom is -0.444 e. The lowest BCUT2D eigenvalue weighted by Gasteiger charge is -2.15. The van der Waals surface area contributed by atoms with Crippen LogP contribution in [-0.4, -0.2) is 58.8 Å². The number of pyridine rings is 1. The number of hydrogen-bond donors (Lipinski definition) is 2. The van der Waals surface area contributed by atoms with Gasteiger partial charge < -0.3 is 19.7 Å². The number of cyclic esters (lactones) is 1. The number of alkyl halides is 1. The molecule has 1 unspecified atom stereocenters. The van der Waals surface area contributed by atoms with Crippen molar-refractivity contribution < 1.29 is 18.7 Å². The maximum absolute atomic E-state index is 13.7. The van der Waals surface area contributed by atoms with Gasteiger partial charge in [-0.15, -0.1) is 0 Å². The first kappa shape index (κ1) is 30.1. The molecule has 2 aromatic rings. The normalized spacial score (nSPS) is 16.3. The number of rotatable bonds is 8. The number of carbonyl (C=O) groups is 2. The third-order valence-electron chi connectivity index (χ3n) is 4.72. The van der Waals surface area contributed by atoms with E-state index in [1.165, 1.54) is 31.9 Å². The fraction of sp³-hybridized carbons (Fsp3) is 0.400. The molecule has 35 heavy (non-hydrogen) atoms. The lowest BCUT2D eigenvalue weighted by Crippen LogP contribution is -2.24. The summed E-state index contributed by atoms with van der Waals surface area (Å²) in [6, 6.07) is 2.01. The number of aryl methyl sites for hydroxylation is 1. The maximum Gasteiger partial charge on any atom is 0.414 e. The molecular formula is C25H36FN5O3S. The first-order valence-corrected chi connectivity index (χ1v) is 12.4. The van der Waals surface area contributed by atoms with Crippen molar-refractivity contribution in [2.24, 2.45) is 5.73 Å². The third-order valence-corrected chi connectivity index (χ3v) is 5.16. The molecule has 10 heteroatoms. The highest BCUT2D eigenvalue weighted by Crippen LogP contribution is 2.24. The van der Waals surface area contributed by atoms with E-state index in [9.17, 15) is 9.18 Å². The number of halogens is 1. The number of aromatic nitrogens is 2. The highest BCUT2D eigenvalue weighted by Gasteiger charge is 2.30. The van der Waals surface area contributed by atoms with E-state index in [1.54, 1.807) is 24.1 Å². The molecule has 2 atom stereocenters. The van der Waals surface area contributed by atoms with Crippen molar-refractivity contribution in [2.45, 2.75) is 46.5 Å². The minimum atomic E-state index is -1.20. The molecule has 1 aliphatic rings. The van der Waals surface area contributed by atoms with Crippen molar-refractivity contribution in [3.8, 4) is 0 Å². The van der Waals surface area contributed by atoms with E-state index in [1.807, 2.05) is 43.0 Å². The van der Waals surface area contributed by atoms with Gasteiger partial charge in [0.1, 0.15) is 24.2 Å². The molecule has 192 valence electrons. The number of nitrogens with two attached hydrogens (primary N) is 1. The van der Waals surface area contributed by atoms with E-state index in [2.05, 4.69) is 22.0 Å². The van der Waals surface area contributed by atoms with Crippen LogP contribution in [0, 0.1) is 6.92 Å². The third kappa shape index (κ3) is 8.97. The molecule has 2 aromatic heterocycles. The maximum atomic E-state index is 13.7. The SMILES string of the molecule is C=C(/C=C\C(=C/C(C)F)N1C[C@H](C)OC1=O)c1cn2cc(CNSC)nc2cc1C.CC=O.CN. The largest absolute Gasteiger partial charge is 0.444 e. The molecule has 0 radical (unpaired) electrons. The summed E-state index contributed by atoms with van der Waals surface area (Å²) in [7, 11) is 1.50. The number of imidazole rings is 1. The predicted octanol–water partition coefficient (Wildman–Crippen LogP) is 4.44. The fourth-order valence-corrected chi connectivity index (χ4v) is 3.60. The van der Waals surface area contributed by atoms with Gasteiger partial charge in [0.15, 0.2) is 0 Å². The van der Waals surface area contributed by atoms with E-state index in [4.69, 9.17) is 9.53 Å². The highest BCUT2D eigenvalue weighted by atomic mass is 32.2. The molecule has 0 spiro atoms. The molecule has 0 aliphatic carbocycles. The number of ether oxygens (including phenoxy) is 1. The first-order valence-electron chi connectivity index (χ1n) is 11.1. The Morgan fingerprint density at radius 3 is 2.63 bits per heavy atom. The van der Waals surface area contributed by atoms with Crippen molar-refractivity contribution >= 4 is 35.5 Å². The van der Waals surface area contributed by atoms with Gasteiger partial charge in [0.2, 0.25) is 0 Å². The van der Waals surface area contributed by atoms with Gasteiger partial charge in [-0.25, -0.2) is 14.2 Å². The molecule has 3 N–H and O–H groups in total. The Bertz CT molecular complexity index is 1060. The zero-order valence-corrected chi connectivity index (χ0v) is 22.1. The number of nitrogens with one attached hydrogen (secondary N) is 1. The number of fused-ring (bicyclic) bond motifs is 1. The number of aldehydes is 1. The van der Waals surface area contributed by atoms with Gasteiger partial charge in [-0.2, -0.15) is 0 Å². The standard InChI is InChI=1S/C22H27FN4O2S.C2H4O.CH5N/c1-14(6-7-19(9-16(3)23)27-11-17(4)29-22(27)28)20-13-26-12-18(10-24-30-5)25-21(26)8-15(20)2;1-2-3;1-2/h6-9,12-13,16-17,24H,1,10-11H2,2-5H3;2H,1H3;2H2,1H3/b7-6-,19-9+;;/t16?,17-;;/m0../s1. The molecule has 3 rings (SSSR count). The van der Waals surface area contributed by atoms with E-state index < -0.39 is 12.3 Å². The summed E-state index contributed by atoms with van der Waals surface area (Å²) < 4.78 is 24.0. The Labute approximate surface area is 211 Å². The zero-order chi connectivity index (χ0) is 26.5. The first-order chi connectivity index (χ1) is 16.7. The number of allylic oxidation sites excluding steroid dienone is 4. The summed E-state index contributed by atoms with van der Waals surface area (Å²) in [5.74, 6) is 0. The lowest BCUT2D eigenvalue weighted by molar-refractivity contribution is -0.106. The second-order valence-electron chi connectivity index (χ2n) is 7.56. The van der Waals surface area contributed by atoms with Crippen molar-refractivity contribution in [1.29, 1.82) is 0 Å². The van der Waals surface area contributed by atoms with Crippen LogP contribution in [0.15, 0.2) is 49.0 Å². The van der Waals surface area contributed by atoms with Crippen LogP contribution >= 0.6 is 11.9 Å². The molecule has 8 nitrogen and oxygen atoms in total. The summed E-state index contributed by atoms with van der Waals surface area (Å²) in [6.07, 6.45) is 9.72. The predicted molar refractivity (Wildman–Crippen MR) is 142 cm³/mol. The van der Waals surface area contributed by atoms with Crippen LogP contribution in [0.4, 0.5) is 9.18 Å². The number of hydrogen-bond acceptors (Lipinski definition) is 7. The van der Waals surface area contributed by atoms with Crippen LogP contribution in [0.5, 0.6) is 0 Å². The van der Waals surface area contributed by atoms with Gasteiger partial charge in [0, 0.05) is 30.2 Å². The summed E-state index contributed by atoms with van der Waals surface area (Å²) in [5.41, 5.74) is 9.52. The summed E-state index contributed by atoms with van der Waals surface area (Å²) in [4.78, 5) is 26.9. The molecule has 1 amide bonds. The molecule has 0 saturated carbocycles. The number of nitrogens with zero attached hydrogens (tertiary/aromatic N) is 3. The lowest BCUT2D eigenvalue weighted by atomic mass is 10.0. The van der Waals surface area contributed by atoms with Crippen LogP contribution in [0.3, 0.4) is 0 Å². The molecule has 0 aromatic carbocycles. The Morgan fingerprint density at radius 1 is 1.43 bits per heavy atom. The number of carbonyl (C=O) groups excluding carboxylic acids is 2. The Kier molecular flexibility index (Phi) is 13.0. The Morgan fingerprint density at radius 2 is 2.09 bits per heavy atom. The number of amides is 1. The molecule has 3 heterocycles. The molecule has 1 aliphatic heterocycles. The van der Waals surface area contributed by atoms with E-state index in [0.717, 1.165) is 34.3 Å². The minimum absolute atomic E-state index is 0.229. The smallest absolute Gasteiger partial charge is 0.414 e. The van der Waals surface area contributed by atoms with Crippen LogP contribution < -0.4 is 10.5 Å². The van der Waals surface area contributed by atoms with Gasteiger partial charge in [-0.3, -0.25) is 9.62 Å². The second kappa shape index (κ2) is 15.1. The Balaban J connectivity index is 0.00000114. The van der Waals surface area contributed by atoms with Crippen molar-refractivity contribution in [2.75, 3.05) is 19.8 Å². The van der Waals surface area contributed by atoms with Crippen molar-refractivity contribution in [3.63, 3.8) is 0 Å². The summed E-state index contributed by atoms with van der Waals surface area (Å²) in [6.45, 7) is 11.9. The average molecular weight is 506 g/mol. The van der Waals surface area contributed by atoms with E-state index in [-0.39, 0.29) is 6.10 Å². The van der Waals surface area contributed by atoms with E-state index in [0.29, 0.717) is 18.8 Å². The fourth-order valence-electron chi connectivity index (χ4n) is 3.31. The van der Waals surface area contributed by atoms with E-state index >= 15 is 0 Å². The quantitative estimate of drug-likeness (QED) is 0.311. The molecule has 1 fully saturated rings. The average Bonchev–Trinajstić information content (AvgIpc) is 3.37. The van der Waals surface area contributed by atoms with Crippen molar-refractivity contribution in [1.82, 2.24) is 19.0 Å². The summed E-state index contributed by atoms with van der Waals surface area (Å²) >= 11 is 1.55. The van der Waals surface area contributed by atoms with Gasteiger partial charge in [-0.05, 0) is 70.4 Å². The van der Waals surface area contributed by atoms with Crippen LogP contribution in [0.1, 0.15) is 37.6 Å². The Hall–Kier alpha value is -2.95. The van der Waals surface area contributed by atoms with Gasteiger partial charge >= 0.3 is 6.09 Å². The van der Waals surface area contributed by atoms with Gasteiger partial charge in [-0.1, -0.05) is 24.6 Å². The van der Waals surface area contributed by atoms with Crippen LogP contribution in [0.25, 0.3) is 11.2 Å². The van der Waals surface area contributed by atoms with Gasteiger partial charge in [0.05, 0.1) is 12.2 Å². The summed E-state index contributed by atoms with van der Waals surface area (Å²) in [5, 5.41) is 0. The van der Waals surface area contributed by atoms with Gasteiger partial charge in [0.25, 0.3) is 0 Å². The zero-order valence-electron chi connectivity index (χ0n) is 21.2. The van der Waals surface area contributed by atoms with Crippen LogP contribution in [0.2, 0.25) is 0 Å². The molecular weight excluding hydrogens is 469 g/mol. The monoisotopic (exact) mass is 505 g/mol. The highest BCUT2D eigenvalue weighted by molar-refractivity contribution is 7.96. The molecule has 0 bridgehead atoms. The van der Waals surface area contributed by atoms with Crippen LogP contribution in [-0.2, 0) is 16.1 Å². The molecule has 1 saturated heterocycles. The topological polar surface area (TPSA) is 102 Å². The second-order valence-corrected chi connectivity index (χ2v) is 8.26.